The molecule has 0 spiro atoms. The molecule has 2 aliphatic rings. The maximum Gasteiger partial charge on any atom is 0.231 e. The Morgan fingerprint density at radius 1 is 1.25 bits per heavy atom. The zero-order chi connectivity index (χ0) is 19.7. The summed E-state index contributed by atoms with van der Waals surface area (Å²) in [7, 11) is 0. The highest BCUT2D eigenvalue weighted by atomic mass is 35.5. The van der Waals surface area contributed by atoms with Crippen LogP contribution in [-0.4, -0.2) is 28.6 Å². The zero-order valence-electron chi connectivity index (χ0n) is 15.8. The van der Waals surface area contributed by atoms with E-state index in [2.05, 4.69) is 15.5 Å². The molecule has 1 saturated heterocycles. The van der Waals surface area contributed by atoms with Gasteiger partial charge in [0.15, 0.2) is 0 Å². The first-order valence-corrected chi connectivity index (χ1v) is 10.9. The fraction of sp³-hybridized carbons (Fsp3) is 0.500. The number of nitrogens with one attached hydrogen (secondary N) is 1. The topological polar surface area (TPSA) is 75.2 Å². The summed E-state index contributed by atoms with van der Waals surface area (Å²) in [4.78, 5) is 26.7. The molecule has 0 radical (unpaired) electrons. The van der Waals surface area contributed by atoms with Gasteiger partial charge in [-0.2, -0.15) is 0 Å². The van der Waals surface area contributed by atoms with Gasteiger partial charge in [-0.15, -0.1) is 10.2 Å². The van der Waals surface area contributed by atoms with E-state index in [0.29, 0.717) is 22.6 Å². The molecule has 2 fully saturated rings. The SMILES string of the molecule is Cc1ccc(N2C[C@H](C(=O)Nc3nnc(C4CCCCC4)s3)CC2=O)cc1Cl. The number of nitrogens with zero attached hydrogens (tertiary/aromatic N) is 3. The summed E-state index contributed by atoms with van der Waals surface area (Å²) >= 11 is 7.64. The van der Waals surface area contributed by atoms with Crippen LogP contribution in [0.2, 0.25) is 5.02 Å². The molecule has 148 valence electrons. The van der Waals surface area contributed by atoms with Gasteiger partial charge in [-0.1, -0.05) is 48.3 Å². The minimum absolute atomic E-state index is 0.0692. The standard InChI is InChI=1S/C20H23ClN4O2S/c1-12-7-8-15(10-16(12)21)25-11-14(9-17(25)26)18(27)22-20-24-23-19(28-20)13-5-3-2-4-6-13/h7-8,10,13-14H,2-6,9,11H2,1H3,(H,22,24,27)/t14-/m1/s1. The number of aromatic nitrogens is 2. The van der Waals surface area contributed by atoms with Gasteiger partial charge in [-0.25, -0.2) is 0 Å². The summed E-state index contributed by atoms with van der Waals surface area (Å²) < 4.78 is 0. The van der Waals surface area contributed by atoms with Crippen molar-refractivity contribution in [3.05, 3.63) is 33.8 Å². The summed E-state index contributed by atoms with van der Waals surface area (Å²) in [6, 6.07) is 5.52. The van der Waals surface area contributed by atoms with Crippen molar-refractivity contribution in [3.8, 4) is 0 Å². The number of hydrogen-bond donors (Lipinski definition) is 1. The molecule has 1 aliphatic carbocycles. The molecule has 1 aliphatic heterocycles. The van der Waals surface area contributed by atoms with Crippen LogP contribution in [0.5, 0.6) is 0 Å². The summed E-state index contributed by atoms with van der Waals surface area (Å²) in [6.07, 6.45) is 6.23. The molecule has 8 heteroatoms. The minimum Gasteiger partial charge on any atom is -0.312 e. The third kappa shape index (κ3) is 4.05. The van der Waals surface area contributed by atoms with E-state index in [-0.39, 0.29) is 18.2 Å². The van der Waals surface area contributed by atoms with Crippen LogP contribution >= 0.6 is 22.9 Å². The summed E-state index contributed by atoms with van der Waals surface area (Å²) in [5, 5.41) is 13.4. The molecule has 28 heavy (non-hydrogen) atoms. The van der Waals surface area contributed by atoms with Crippen molar-refractivity contribution in [1.82, 2.24) is 10.2 Å². The van der Waals surface area contributed by atoms with E-state index in [4.69, 9.17) is 11.6 Å². The van der Waals surface area contributed by atoms with Gasteiger partial charge in [0.1, 0.15) is 5.01 Å². The van der Waals surface area contributed by atoms with E-state index >= 15 is 0 Å². The Kier molecular flexibility index (Phi) is 5.64. The predicted octanol–water partition coefficient (Wildman–Crippen LogP) is 4.54. The highest BCUT2D eigenvalue weighted by molar-refractivity contribution is 7.15. The van der Waals surface area contributed by atoms with Gasteiger partial charge in [0.25, 0.3) is 0 Å². The van der Waals surface area contributed by atoms with Gasteiger partial charge < -0.3 is 10.2 Å². The molecule has 2 amide bonds. The number of hydrogen-bond acceptors (Lipinski definition) is 5. The van der Waals surface area contributed by atoms with Crippen LogP contribution in [0.15, 0.2) is 18.2 Å². The van der Waals surface area contributed by atoms with E-state index < -0.39 is 5.92 Å². The number of amides is 2. The molecule has 1 saturated carbocycles. The highest BCUT2D eigenvalue weighted by Crippen LogP contribution is 2.35. The number of anilines is 2. The number of rotatable bonds is 4. The maximum atomic E-state index is 12.7. The van der Waals surface area contributed by atoms with Crippen molar-refractivity contribution in [2.45, 2.75) is 51.4 Å². The lowest BCUT2D eigenvalue weighted by atomic mass is 9.90. The molecule has 0 bridgehead atoms. The van der Waals surface area contributed by atoms with E-state index in [1.165, 1.54) is 30.6 Å². The molecule has 2 aromatic rings. The first-order valence-electron chi connectivity index (χ1n) is 9.72. The van der Waals surface area contributed by atoms with Gasteiger partial charge in [-0.05, 0) is 37.5 Å². The van der Waals surface area contributed by atoms with Crippen LogP contribution in [0.25, 0.3) is 0 Å². The first-order chi connectivity index (χ1) is 13.5. The van der Waals surface area contributed by atoms with Gasteiger partial charge in [-0.3, -0.25) is 9.59 Å². The van der Waals surface area contributed by atoms with Gasteiger partial charge >= 0.3 is 0 Å². The number of aryl methyl sites for hydroxylation is 1. The molecule has 1 aromatic heterocycles. The van der Waals surface area contributed by atoms with Gasteiger partial charge in [0, 0.05) is 29.6 Å². The Bertz CT molecular complexity index is 894. The third-order valence-corrected chi connectivity index (χ3v) is 7.00. The van der Waals surface area contributed by atoms with Crippen molar-refractivity contribution in [2.75, 3.05) is 16.8 Å². The summed E-state index contributed by atoms with van der Waals surface area (Å²) in [6.45, 7) is 2.26. The normalized spacial score (nSPS) is 20.6. The molecule has 6 nitrogen and oxygen atoms in total. The minimum atomic E-state index is -0.408. The average molecular weight is 419 g/mol. The molecule has 1 atom stereocenters. The Morgan fingerprint density at radius 2 is 2.04 bits per heavy atom. The lowest BCUT2D eigenvalue weighted by Crippen LogP contribution is -2.28. The summed E-state index contributed by atoms with van der Waals surface area (Å²) in [5.41, 5.74) is 1.68. The van der Waals surface area contributed by atoms with Crippen LogP contribution in [0.3, 0.4) is 0 Å². The quantitative estimate of drug-likeness (QED) is 0.790. The average Bonchev–Trinajstić information content (AvgIpc) is 3.31. The van der Waals surface area contributed by atoms with E-state index in [1.807, 2.05) is 19.1 Å². The maximum absolute atomic E-state index is 12.7. The Labute approximate surface area is 173 Å². The van der Waals surface area contributed by atoms with Crippen molar-refractivity contribution in [1.29, 1.82) is 0 Å². The van der Waals surface area contributed by atoms with Gasteiger partial charge in [0.2, 0.25) is 16.9 Å². The van der Waals surface area contributed by atoms with Crippen molar-refractivity contribution in [3.63, 3.8) is 0 Å². The molecular weight excluding hydrogens is 396 g/mol. The van der Waals surface area contributed by atoms with Crippen molar-refractivity contribution in [2.24, 2.45) is 5.92 Å². The highest BCUT2D eigenvalue weighted by Gasteiger charge is 2.35. The van der Waals surface area contributed by atoms with Crippen molar-refractivity contribution < 1.29 is 9.59 Å². The van der Waals surface area contributed by atoms with Crippen LogP contribution < -0.4 is 10.2 Å². The Hall–Kier alpha value is -1.99. The Morgan fingerprint density at radius 3 is 2.79 bits per heavy atom. The second-order valence-electron chi connectivity index (χ2n) is 7.61. The summed E-state index contributed by atoms with van der Waals surface area (Å²) in [5.74, 6) is -0.193. The van der Waals surface area contributed by atoms with Crippen LogP contribution in [0.4, 0.5) is 10.8 Å². The molecule has 2 heterocycles. The first kappa shape index (κ1) is 19.3. The van der Waals surface area contributed by atoms with E-state index in [9.17, 15) is 9.59 Å². The van der Waals surface area contributed by atoms with Crippen LogP contribution in [0, 0.1) is 12.8 Å². The molecule has 4 rings (SSSR count). The monoisotopic (exact) mass is 418 g/mol. The molecular formula is C20H23ClN4O2S. The zero-order valence-corrected chi connectivity index (χ0v) is 17.4. The fourth-order valence-electron chi connectivity index (χ4n) is 3.89. The Balaban J connectivity index is 1.39. The third-order valence-electron chi connectivity index (χ3n) is 5.59. The molecule has 1 N–H and O–H groups in total. The van der Waals surface area contributed by atoms with Crippen LogP contribution in [0.1, 0.15) is 55.0 Å². The number of carbonyl (C=O) groups is 2. The number of halogens is 1. The van der Waals surface area contributed by atoms with Crippen molar-refractivity contribution >= 4 is 45.6 Å². The fourth-order valence-corrected chi connectivity index (χ4v) is 4.98. The largest absolute Gasteiger partial charge is 0.312 e. The lowest BCUT2D eigenvalue weighted by molar-refractivity contribution is -0.122. The molecule has 0 unspecified atom stereocenters. The van der Waals surface area contributed by atoms with Crippen LogP contribution in [-0.2, 0) is 9.59 Å². The van der Waals surface area contributed by atoms with E-state index in [1.54, 1.807) is 11.0 Å². The smallest absolute Gasteiger partial charge is 0.231 e. The lowest BCUT2D eigenvalue weighted by Gasteiger charge is -2.18. The number of benzene rings is 1. The second kappa shape index (κ2) is 8.17. The second-order valence-corrected chi connectivity index (χ2v) is 9.02. The predicted molar refractivity (Wildman–Crippen MR) is 111 cm³/mol. The number of carbonyl (C=O) groups excluding carboxylic acids is 2. The molecule has 1 aromatic carbocycles. The van der Waals surface area contributed by atoms with E-state index in [0.717, 1.165) is 29.1 Å². The van der Waals surface area contributed by atoms with Gasteiger partial charge in [0.05, 0.1) is 5.92 Å².